The summed E-state index contributed by atoms with van der Waals surface area (Å²) in [4.78, 5) is 50.7. The number of piperidine rings is 1. The van der Waals surface area contributed by atoms with Crippen LogP contribution in [0.2, 0.25) is 0 Å². The van der Waals surface area contributed by atoms with Crippen LogP contribution in [0.15, 0.2) is 39.9 Å². The summed E-state index contributed by atoms with van der Waals surface area (Å²) in [6, 6.07) is 9.05. The first kappa shape index (κ1) is 20.8. The molecule has 9 nitrogen and oxygen atoms in total. The first-order valence-corrected chi connectivity index (χ1v) is 10.5. The Morgan fingerprint density at radius 1 is 1.19 bits per heavy atom. The molecule has 2 aromatic heterocycles. The number of H-pyrrole nitrogens is 1. The minimum Gasteiger partial charge on any atom is -0.354 e. The molecule has 1 saturated heterocycles. The maximum atomic E-state index is 12.8. The molecule has 0 aliphatic carbocycles. The van der Waals surface area contributed by atoms with Crippen molar-refractivity contribution in [1.82, 2.24) is 24.8 Å². The Morgan fingerprint density at radius 3 is 2.71 bits per heavy atom. The molecule has 31 heavy (non-hydrogen) atoms. The average Bonchev–Trinajstić information content (AvgIpc) is 2.75. The monoisotopic (exact) mass is 422 g/mol. The Hall–Kier alpha value is -3.49. The smallest absolute Gasteiger partial charge is 0.316 e. The standard InChI is InChI=1S/C22H26N6O3/c1-14-12-15(2)25-22(24-14)27-10-5-6-16(13-27)19(29)23-9-11-28-18-8-4-3-7-17(18)26-20(30)21(28)31/h3-4,7-8,12,16H,5-6,9-11,13H2,1-2H3,(H,23,29)(H,26,30). The summed E-state index contributed by atoms with van der Waals surface area (Å²) in [5, 5.41) is 2.93. The lowest BCUT2D eigenvalue weighted by Crippen LogP contribution is -2.45. The Labute approximate surface area is 179 Å². The lowest BCUT2D eigenvalue weighted by Gasteiger charge is -2.32. The van der Waals surface area contributed by atoms with E-state index in [2.05, 4.69) is 25.2 Å². The first-order chi connectivity index (χ1) is 14.9. The number of aromatic nitrogens is 4. The van der Waals surface area contributed by atoms with E-state index in [-0.39, 0.29) is 24.9 Å². The van der Waals surface area contributed by atoms with E-state index >= 15 is 0 Å². The fourth-order valence-electron chi connectivity index (χ4n) is 4.10. The molecule has 1 aliphatic rings. The molecule has 0 radical (unpaired) electrons. The summed E-state index contributed by atoms with van der Waals surface area (Å²) in [5.41, 5.74) is 1.76. The number of carbonyl (C=O) groups excluding carboxylic acids is 1. The molecule has 1 unspecified atom stereocenters. The number of nitrogens with zero attached hydrogens (tertiary/aromatic N) is 4. The van der Waals surface area contributed by atoms with Crippen molar-refractivity contribution < 1.29 is 4.79 Å². The number of aryl methyl sites for hydroxylation is 2. The zero-order valence-electron chi connectivity index (χ0n) is 17.7. The summed E-state index contributed by atoms with van der Waals surface area (Å²) in [6.45, 7) is 5.75. The molecule has 1 amide bonds. The molecule has 3 heterocycles. The minimum absolute atomic E-state index is 0.0590. The van der Waals surface area contributed by atoms with Gasteiger partial charge in [-0.3, -0.25) is 14.4 Å². The van der Waals surface area contributed by atoms with Crippen LogP contribution in [0.1, 0.15) is 24.2 Å². The van der Waals surface area contributed by atoms with Crippen molar-refractivity contribution in [2.75, 3.05) is 24.5 Å². The van der Waals surface area contributed by atoms with Crippen molar-refractivity contribution in [3.8, 4) is 0 Å². The Bertz CT molecular complexity index is 1210. The van der Waals surface area contributed by atoms with Crippen LogP contribution in [0.3, 0.4) is 0 Å². The fraction of sp³-hybridized carbons (Fsp3) is 0.409. The zero-order chi connectivity index (χ0) is 22.0. The van der Waals surface area contributed by atoms with Gasteiger partial charge in [0.1, 0.15) is 0 Å². The summed E-state index contributed by atoms with van der Waals surface area (Å²) < 4.78 is 1.41. The predicted octanol–water partition coefficient (Wildman–Crippen LogP) is 1.13. The average molecular weight is 422 g/mol. The maximum absolute atomic E-state index is 12.8. The summed E-state index contributed by atoms with van der Waals surface area (Å²) in [6.07, 6.45) is 1.67. The number of hydrogen-bond acceptors (Lipinski definition) is 6. The van der Waals surface area contributed by atoms with E-state index < -0.39 is 11.1 Å². The number of nitrogens with one attached hydrogen (secondary N) is 2. The van der Waals surface area contributed by atoms with E-state index in [1.807, 2.05) is 19.9 Å². The second-order valence-electron chi connectivity index (χ2n) is 7.95. The third kappa shape index (κ3) is 4.50. The Morgan fingerprint density at radius 2 is 1.94 bits per heavy atom. The summed E-state index contributed by atoms with van der Waals surface area (Å²) in [7, 11) is 0. The largest absolute Gasteiger partial charge is 0.354 e. The van der Waals surface area contributed by atoms with E-state index in [4.69, 9.17) is 0 Å². The van der Waals surface area contributed by atoms with Crippen LogP contribution in [-0.4, -0.2) is 45.1 Å². The van der Waals surface area contributed by atoms with Gasteiger partial charge in [0.05, 0.1) is 17.0 Å². The van der Waals surface area contributed by atoms with E-state index in [1.165, 1.54) is 4.57 Å². The van der Waals surface area contributed by atoms with Gasteiger partial charge in [-0.05, 0) is 44.9 Å². The van der Waals surface area contributed by atoms with Crippen LogP contribution < -0.4 is 21.3 Å². The molecule has 1 atom stereocenters. The Balaban J connectivity index is 1.41. The van der Waals surface area contributed by atoms with Crippen molar-refractivity contribution in [1.29, 1.82) is 0 Å². The fourth-order valence-corrected chi connectivity index (χ4v) is 4.10. The molecule has 1 aliphatic heterocycles. The van der Waals surface area contributed by atoms with Gasteiger partial charge in [-0.15, -0.1) is 0 Å². The lowest BCUT2D eigenvalue weighted by atomic mass is 9.97. The molecule has 0 bridgehead atoms. The molecule has 1 fully saturated rings. The topological polar surface area (TPSA) is 113 Å². The highest BCUT2D eigenvalue weighted by atomic mass is 16.2. The van der Waals surface area contributed by atoms with E-state index in [0.29, 0.717) is 23.5 Å². The van der Waals surface area contributed by atoms with Gasteiger partial charge < -0.3 is 19.8 Å². The van der Waals surface area contributed by atoms with E-state index in [1.54, 1.807) is 24.3 Å². The lowest BCUT2D eigenvalue weighted by molar-refractivity contribution is -0.125. The number of fused-ring (bicyclic) bond motifs is 1. The van der Waals surface area contributed by atoms with Gasteiger partial charge >= 0.3 is 11.1 Å². The number of carbonyl (C=O) groups is 1. The van der Waals surface area contributed by atoms with Crippen LogP contribution in [0.4, 0.5) is 5.95 Å². The second kappa shape index (κ2) is 8.71. The van der Waals surface area contributed by atoms with Gasteiger partial charge in [-0.25, -0.2) is 9.97 Å². The zero-order valence-corrected chi connectivity index (χ0v) is 17.7. The number of aromatic amines is 1. The summed E-state index contributed by atoms with van der Waals surface area (Å²) in [5.74, 6) is 0.429. The molecule has 4 rings (SSSR count). The highest BCUT2D eigenvalue weighted by Crippen LogP contribution is 2.21. The minimum atomic E-state index is -0.665. The van der Waals surface area contributed by atoms with Gasteiger partial charge in [0.2, 0.25) is 11.9 Å². The molecule has 2 N–H and O–H groups in total. The third-order valence-corrected chi connectivity index (χ3v) is 5.56. The van der Waals surface area contributed by atoms with Crippen LogP contribution in [0.5, 0.6) is 0 Å². The highest BCUT2D eigenvalue weighted by Gasteiger charge is 2.27. The normalized spacial score (nSPS) is 16.5. The molecule has 3 aromatic rings. The molecule has 0 saturated carbocycles. The van der Waals surface area contributed by atoms with Crippen molar-refractivity contribution >= 4 is 22.9 Å². The third-order valence-electron chi connectivity index (χ3n) is 5.56. The number of rotatable bonds is 5. The number of hydrogen-bond donors (Lipinski definition) is 2. The quantitative estimate of drug-likeness (QED) is 0.596. The van der Waals surface area contributed by atoms with Crippen LogP contribution in [0.25, 0.3) is 11.0 Å². The molecular formula is C22H26N6O3. The number of anilines is 1. The molecule has 1 aromatic carbocycles. The summed E-state index contributed by atoms with van der Waals surface area (Å²) >= 11 is 0. The predicted molar refractivity (Wildman–Crippen MR) is 118 cm³/mol. The van der Waals surface area contributed by atoms with Crippen LogP contribution >= 0.6 is 0 Å². The van der Waals surface area contributed by atoms with Gasteiger partial charge in [-0.2, -0.15) is 0 Å². The molecular weight excluding hydrogens is 396 g/mol. The molecule has 162 valence electrons. The Kier molecular flexibility index (Phi) is 5.83. The van der Waals surface area contributed by atoms with Crippen molar-refractivity contribution in [3.63, 3.8) is 0 Å². The molecule has 9 heteroatoms. The highest BCUT2D eigenvalue weighted by molar-refractivity contribution is 5.79. The van der Waals surface area contributed by atoms with Crippen LogP contribution in [-0.2, 0) is 11.3 Å². The number of benzene rings is 1. The maximum Gasteiger partial charge on any atom is 0.316 e. The van der Waals surface area contributed by atoms with Crippen molar-refractivity contribution in [2.24, 2.45) is 5.92 Å². The second-order valence-corrected chi connectivity index (χ2v) is 7.95. The van der Waals surface area contributed by atoms with Crippen LogP contribution in [0, 0.1) is 19.8 Å². The number of para-hydroxylation sites is 2. The van der Waals surface area contributed by atoms with E-state index in [0.717, 1.165) is 30.8 Å². The van der Waals surface area contributed by atoms with Gasteiger partial charge in [-0.1, -0.05) is 12.1 Å². The first-order valence-electron chi connectivity index (χ1n) is 10.5. The van der Waals surface area contributed by atoms with Gasteiger partial charge in [0.25, 0.3) is 0 Å². The van der Waals surface area contributed by atoms with Crippen molar-refractivity contribution in [3.05, 3.63) is 62.4 Å². The SMILES string of the molecule is Cc1cc(C)nc(N2CCCC(C(=O)NCCn3c(=O)c(=O)[nH]c4ccccc43)C2)n1. The number of amides is 1. The molecule has 0 spiro atoms. The van der Waals surface area contributed by atoms with Gasteiger partial charge in [0, 0.05) is 37.6 Å². The van der Waals surface area contributed by atoms with E-state index in [9.17, 15) is 14.4 Å². The van der Waals surface area contributed by atoms with Gasteiger partial charge in [0.15, 0.2) is 0 Å². The van der Waals surface area contributed by atoms with Crippen molar-refractivity contribution in [2.45, 2.75) is 33.2 Å².